The van der Waals surface area contributed by atoms with E-state index in [0.29, 0.717) is 0 Å². The molecule has 0 saturated carbocycles. The summed E-state index contributed by atoms with van der Waals surface area (Å²) in [6, 6.07) is -0.203. The summed E-state index contributed by atoms with van der Waals surface area (Å²) >= 11 is 0. The van der Waals surface area contributed by atoms with Crippen LogP contribution in [-0.4, -0.2) is 44.7 Å². The number of carbonyl (C=O) groups is 2. The molecule has 110 valence electrons. The zero-order valence-corrected chi connectivity index (χ0v) is 12.9. The van der Waals surface area contributed by atoms with Gasteiger partial charge in [0.25, 0.3) is 0 Å². The molecule has 0 radical (unpaired) electrons. The standard InChI is InChI=1S/C14H25NO4/c1-9(2)15(10(3)16)14(11(17)18)8-12(4,5)19-13(14,6)7/h9H,8H2,1-7H3,(H,17,18). The van der Waals surface area contributed by atoms with Gasteiger partial charge in [0.2, 0.25) is 5.91 Å². The Kier molecular flexibility index (Phi) is 3.76. The van der Waals surface area contributed by atoms with E-state index in [0.717, 1.165) is 0 Å². The van der Waals surface area contributed by atoms with Gasteiger partial charge in [0, 0.05) is 19.4 Å². The molecule has 1 heterocycles. The van der Waals surface area contributed by atoms with Gasteiger partial charge >= 0.3 is 5.97 Å². The topological polar surface area (TPSA) is 66.8 Å². The van der Waals surface area contributed by atoms with Crippen LogP contribution in [0.2, 0.25) is 0 Å². The van der Waals surface area contributed by atoms with E-state index in [4.69, 9.17) is 4.74 Å². The summed E-state index contributed by atoms with van der Waals surface area (Å²) in [5.74, 6) is -1.25. The van der Waals surface area contributed by atoms with Crippen molar-refractivity contribution in [3.8, 4) is 0 Å². The van der Waals surface area contributed by atoms with Crippen LogP contribution in [0.4, 0.5) is 0 Å². The number of aliphatic carboxylic acids is 1. The number of hydrogen-bond acceptors (Lipinski definition) is 3. The highest BCUT2D eigenvalue weighted by Crippen LogP contribution is 2.49. The zero-order valence-electron chi connectivity index (χ0n) is 12.9. The van der Waals surface area contributed by atoms with Crippen LogP contribution in [0.15, 0.2) is 0 Å². The van der Waals surface area contributed by atoms with Crippen LogP contribution in [0.3, 0.4) is 0 Å². The normalized spacial score (nSPS) is 28.4. The van der Waals surface area contributed by atoms with Crippen LogP contribution < -0.4 is 0 Å². The molecule has 0 aromatic carbocycles. The molecule has 0 aromatic rings. The minimum Gasteiger partial charge on any atom is -0.479 e. The Morgan fingerprint density at radius 1 is 1.21 bits per heavy atom. The zero-order chi connectivity index (χ0) is 15.2. The van der Waals surface area contributed by atoms with Gasteiger partial charge in [-0.1, -0.05) is 0 Å². The molecule has 0 aromatic heterocycles. The molecule has 1 unspecified atom stereocenters. The number of rotatable bonds is 3. The monoisotopic (exact) mass is 271 g/mol. The minimum absolute atomic E-state index is 0.203. The van der Waals surface area contributed by atoms with Gasteiger partial charge < -0.3 is 14.7 Å². The first kappa shape index (κ1) is 16.0. The largest absolute Gasteiger partial charge is 0.479 e. The quantitative estimate of drug-likeness (QED) is 0.853. The number of carbonyl (C=O) groups excluding carboxylic acids is 1. The van der Waals surface area contributed by atoms with Crippen LogP contribution >= 0.6 is 0 Å². The first-order valence-corrected chi connectivity index (χ1v) is 6.61. The van der Waals surface area contributed by atoms with Crippen molar-refractivity contribution in [2.45, 2.75) is 77.7 Å². The SMILES string of the molecule is CC(=O)N(C(C)C)C1(C(=O)O)CC(C)(C)OC1(C)C. The fraction of sp³-hybridized carbons (Fsp3) is 0.857. The van der Waals surface area contributed by atoms with E-state index < -0.39 is 22.7 Å². The van der Waals surface area contributed by atoms with E-state index in [1.807, 2.05) is 27.7 Å². The third-order valence-electron chi connectivity index (χ3n) is 3.83. The van der Waals surface area contributed by atoms with Gasteiger partial charge in [0.15, 0.2) is 5.54 Å². The highest BCUT2D eigenvalue weighted by atomic mass is 16.5. The predicted octanol–water partition coefficient (Wildman–Crippen LogP) is 2.04. The molecule has 1 aliphatic heterocycles. The van der Waals surface area contributed by atoms with Crippen molar-refractivity contribution in [2.75, 3.05) is 0 Å². The Balaban J connectivity index is 3.48. The predicted molar refractivity (Wildman–Crippen MR) is 71.9 cm³/mol. The maximum absolute atomic E-state index is 12.0. The molecule has 0 bridgehead atoms. The summed E-state index contributed by atoms with van der Waals surface area (Å²) in [7, 11) is 0. The molecule has 1 saturated heterocycles. The lowest BCUT2D eigenvalue weighted by molar-refractivity contribution is -0.175. The van der Waals surface area contributed by atoms with Gasteiger partial charge in [-0.05, 0) is 41.5 Å². The molecule has 1 amide bonds. The van der Waals surface area contributed by atoms with Gasteiger partial charge in [-0.2, -0.15) is 0 Å². The molecule has 5 nitrogen and oxygen atoms in total. The van der Waals surface area contributed by atoms with Crippen LogP contribution in [0.1, 0.15) is 54.9 Å². The fourth-order valence-corrected chi connectivity index (χ4v) is 3.52. The summed E-state index contributed by atoms with van der Waals surface area (Å²) in [5, 5.41) is 9.83. The van der Waals surface area contributed by atoms with Crippen molar-refractivity contribution in [1.29, 1.82) is 0 Å². The van der Waals surface area contributed by atoms with Crippen molar-refractivity contribution in [2.24, 2.45) is 0 Å². The Hall–Kier alpha value is -1.10. The molecule has 19 heavy (non-hydrogen) atoms. The van der Waals surface area contributed by atoms with Crippen molar-refractivity contribution < 1.29 is 19.4 Å². The lowest BCUT2D eigenvalue weighted by atomic mass is 9.76. The molecule has 1 fully saturated rings. The van der Waals surface area contributed by atoms with Gasteiger partial charge in [0.1, 0.15) is 0 Å². The second kappa shape index (κ2) is 4.47. The average molecular weight is 271 g/mol. The van der Waals surface area contributed by atoms with Crippen molar-refractivity contribution >= 4 is 11.9 Å². The number of amides is 1. The number of nitrogens with zero attached hydrogens (tertiary/aromatic N) is 1. The van der Waals surface area contributed by atoms with Crippen LogP contribution in [0.5, 0.6) is 0 Å². The third kappa shape index (κ3) is 2.36. The Morgan fingerprint density at radius 3 is 1.89 bits per heavy atom. The molecule has 1 rings (SSSR count). The first-order chi connectivity index (χ1) is 8.37. The van der Waals surface area contributed by atoms with E-state index in [1.165, 1.54) is 11.8 Å². The molecule has 1 aliphatic rings. The summed E-state index contributed by atoms with van der Waals surface area (Å²) in [5.41, 5.74) is -2.86. The third-order valence-corrected chi connectivity index (χ3v) is 3.83. The van der Waals surface area contributed by atoms with Crippen LogP contribution in [0, 0.1) is 0 Å². The van der Waals surface area contributed by atoms with Crippen LogP contribution in [0.25, 0.3) is 0 Å². The molecular weight excluding hydrogens is 246 g/mol. The van der Waals surface area contributed by atoms with Crippen molar-refractivity contribution in [1.82, 2.24) is 4.90 Å². The maximum atomic E-state index is 12.0. The van der Waals surface area contributed by atoms with E-state index in [9.17, 15) is 14.7 Å². The van der Waals surface area contributed by atoms with Crippen molar-refractivity contribution in [3.05, 3.63) is 0 Å². The van der Waals surface area contributed by atoms with Gasteiger partial charge in [-0.25, -0.2) is 4.79 Å². The molecule has 5 heteroatoms. The van der Waals surface area contributed by atoms with E-state index >= 15 is 0 Å². The highest BCUT2D eigenvalue weighted by Gasteiger charge is 2.66. The van der Waals surface area contributed by atoms with Gasteiger partial charge in [0.05, 0.1) is 11.2 Å². The highest BCUT2D eigenvalue weighted by molar-refractivity contribution is 5.88. The van der Waals surface area contributed by atoms with E-state index in [-0.39, 0.29) is 18.4 Å². The number of hydrogen-bond donors (Lipinski definition) is 1. The molecule has 0 spiro atoms. The second-order valence-corrected chi connectivity index (χ2v) is 6.70. The summed E-state index contributed by atoms with van der Waals surface area (Å²) in [4.78, 5) is 25.4. The average Bonchev–Trinajstić information content (AvgIpc) is 2.30. The summed E-state index contributed by atoms with van der Waals surface area (Å²) < 4.78 is 5.92. The lowest BCUT2D eigenvalue weighted by Crippen LogP contribution is -2.67. The Morgan fingerprint density at radius 2 is 1.68 bits per heavy atom. The Labute approximate surface area is 114 Å². The summed E-state index contributed by atoms with van der Waals surface area (Å²) in [6.45, 7) is 12.3. The Bertz CT molecular complexity index is 400. The van der Waals surface area contributed by atoms with Gasteiger partial charge in [-0.15, -0.1) is 0 Å². The second-order valence-electron chi connectivity index (χ2n) is 6.70. The number of carboxylic acids is 1. The van der Waals surface area contributed by atoms with E-state index in [2.05, 4.69) is 0 Å². The molecule has 0 aliphatic carbocycles. The van der Waals surface area contributed by atoms with Gasteiger partial charge in [-0.3, -0.25) is 4.79 Å². The number of ether oxygens (including phenoxy) is 1. The number of carboxylic acid groups (broad SMARTS) is 1. The summed E-state index contributed by atoms with van der Waals surface area (Å²) in [6.07, 6.45) is 0.278. The minimum atomic E-state index is -1.34. The molecule has 1 N–H and O–H groups in total. The smallest absolute Gasteiger partial charge is 0.332 e. The lowest BCUT2D eigenvalue weighted by Gasteiger charge is -2.46. The molecule has 1 atom stereocenters. The molecular formula is C14H25NO4. The first-order valence-electron chi connectivity index (χ1n) is 6.61. The van der Waals surface area contributed by atoms with E-state index in [1.54, 1.807) is 13.8 Å². The maximum Gasteiger partial charge on any atom is 0.332 e. The fourth-order valence-electron chi connectivity index (χ4n) is 3.52. The van der Waals surface area contributed by atoms with Crippen LogP contribution in [-0.2, 0) is 14.3 Å². The van der Waals surface area contributed by atoms with Crippen molar-refractivity contribution in [3.63, 3.8) is 0 Å².